The van der Waals surface area contributed by atoms with Gasteiger partial charge in [0.05, 0.1) is 0 Å². The summed E-state index contributed by atoms with van der Waals surface area (Å²) in [4.78, 5) is 2.54. The lowest BCUT2D eigenvalue weighted by Gasteiger charge is -2.22. The Bertz CT molecular complexity index is 411. The van der Waals surface area contributed by atoms with Gasteiger partial charge < -0.3 is 10.2 Å². The number of benzene rings is 1. The number of halogens is 1. The molecule has 0 bridgehead atoms. The van der Waals surface area contributed by atoms with E-state index in [1.54, 1.807) is 13.0 Å². The molecule has 0 radical (unpaired) electrons. The van der Waals surface area contributed by atoms with E-state index in [1.807, 2.05) is 12.1 Å². The lowest BCUT2D eigenvalue weighted by molar-refractivity contribution is 0.280. The maximum absolute atomic E-state index is 13.6. The van der Waals surface area contributed by atoms with Gasteiger partial charge in [-0.3, -0.25) is 0 Å². The lowest BCUT2D eigenvalue weighted by Crippen LogP contribution is -2.33. The van der Waals surface area contributed by atoms with Crippen molar-refractivity contribution in [2.75, 3.05) is 26.2 Å². The number of hydrogen-bond acceptors (Lipinski definition) is 2. The van der Waals surface area contributed by atoms with Crippen molar-refractivity contribution >= 4 is 0 Å². The highest BCUT2D eigenvalue weighted by molar-refractivity contribution is 5.25. The molecular weight excluding hydrogens is 251 g/mol. The first-order chi connectivity index (χ1) is 9.66. The zero-order valence-corrected chi connectivity index (χ0v) is 12.8. The number of nitrogens with one attached hydrogen (secondary N) is 1. The molecule has 0 aliphatic carbocycles. The van der Waals surface area contributed by atoms with Crippen LogP contribution in [-0.4, -0.2) is 31.1 Å². The number of hydrogen-bond donors (Lipinski definition) is 1. The van der Waals surface area contributed by atoms with Crippen molar-refractivity contribution in [2.24, 2.45) is 0 Å². The molecule has 1 aromatic rings. The van der Waals surface area contributed by atoms with Gasteiger partial charge in [-0.2, -0.15) is 0 Å². The zero-order chi connectivity index (χ0) is 14.4. The maximum Gasteiger partial charge on any atom is 0.126 e. The van der Waals surface area contributed by atoms with Gasteiger partial charge in [-0.15, -0.1) is 0 Å². The predicted molar refractivity (Wildman–Crippen MR) is 82.5 cm³/mol. The molecule has 2 nitrogen and oxygen atoms in total. The Morgan fingerprint density at radius 2 is 1.90 bits per heavy atom. The quantitative estimate of drug-likeness (QED) is 0.884. The van der Waals surface area contributed by atoms with Gasteiger partial charge >= 0.3 is 0 Å². The number of aryl methyl sites for hydroxylation is 1. The summed E-state index contributed by atoms with van der Waals surface area (Å²) in [6, 6.07) is 5.73. The summed E-state index contributed by atoms with van der Waals surface area (Å²) in [5.74, 6) is -0.108. The Morgan fingerprint density at radius 3 is 2.55 bits per heavy atom. The fraction of sp³-hybridized carbons (Fsp3) is 0.647. The van der Waals surface area contributed by atoms with Crippen LogP contribution < -0.4 is 5.32 Å². The Balaban J connectivity index is 1.76. The van der Waals surface area contributed by atoms with Crippen LogP contribution in [0.25, 0.3) is 0 Å². The highest BCUT2D eigenvalue weighted by Gasteiger charge is 2.10. The van der Waals surface area contributed by atoms with E-state index in [9.17, 15) is 4.39 Å². The van der Waals surface area contributed by atoms with Crippen molar-refractivity contribution in [2.45, 2.75) is 45.6 Å². The lowest BCUT2D eigenvalue weighted by atomic mass is 10.1. The number of rotatable bonds is 5. The molecule has 2 rings (SSSR count). The average molecular weight is 278 g/mol. The molecule has 1 aliphatic heterocycles. The van der Waals surface area contributed by atoms with Crippen molar-refractivity contribution in [1.29, 1.82) is 0 Å². The van der Waals surface area contributed by atoms with Crippen LogP contribution in [0, 0.1) is 12.7 Å². The van der Waals surface area contributed by atoms with Gasteiger partial charge in [-0.25, -0.2) is 4.39 Å². The van der Waals surface area contributed by atoms with Crippen molar-refractivity contribution in [1.82, 2.24) is 10.2 Å². The van der Waals surface area contributed by atoms with Crippen LogP contribution in [-0.2, 0) is 0 Å². The summed E-state index contributed by atoms with van der Waals surface area (Å²) in [6.45, 7) is 8.43. The monoisotopic (exact) mass is 278 g/mol. The van der Waals surface area contributed by atoms with E-state index in [0.717, 1.165) is 18.7 Å². The maximum atomic E-state index is 13.6. The topological polar surface area (TPSA) is 15.3 Å². The largest absolute Gasteiger partial charge is 0.309 e. The van der Waals surface area contributed by atoms with E-state index >= 15 is 0 Å². The smallest absolute Gasteiger partial charge is 0.126 e. The molecule has 20 heavy (non-hydrogen) atoms. The second kappa shape index (κ2) is 7.75. The van der Waals surface area contributed by atoms with Gasteiger partial charge in [-0.1, -0.05) is 25.0 Å². The SMILES string of the molecule is Cc1ccc(C(C)NCCN2CCCCCC2)cc1F. The Labute approximate surface area is 122 Å². The first-order valence-electron chi connectivity index (χ1n) is 7.88. The molecule has 0 spiro atoms. The number of nitrogens with zero attached hydrogens (tertiary/aromatic N) is 1. The van der Waals surface area contributed by atoms with Crippen LogP contribution >= 0.6 is 0 Å². The fourth-order valence-electron chi connectivity index (χ4n) is 2.80. The van der Waals surface area contributed by atoms with Crippen LogP contribution in [0.15, 0.2) is 18.2 Å². The van der Waals surface area contributed by atoms with Crippen LogP contribution in [0.3, 0.4) is 0 Å². The normalized spacial score (nSPS) is 18.8. The molecule has 1 aromatic carbocycles. The summed E-state index contributed by atoms with van der Waals surface area (Å²) in [5, 5.41) is 3.50. The molecule has 1 N–H and O–H groups in total. The third kappa shape index (κ3) is 4.57. The second-order valence-corrected chi connectivity index (χ2v) is 5.94. The number of likely N-dealkylation sites (tertiary alicyclic amines) is 1. The van der Waals surface area contributed by atoms with Gasteiger partial charge in [0, 0.05) is 19.1 Å². The van der Waals surface area contributed by atoms with Gasteiger partial charge in [0.15, 0.2) is 0 Å². The molecule has 1 heterocycles. The van der Waals surface area contributed by atoms with E-state index < -0.39 is 0 Å². The van der Waals surface area contributed by atoms with Crippen LogP contribution in [0.4, 0.5) is 4.39 Å². The summed E-state index contributed by atoms with van der Waals surface area (Å²) >= 11 is 0. The Kier molecular flexibility index (Phi) is 5.99. The van der Waals surface area contributed by atoms with E-state index in [4.69, 9.17) is 0 Å². The summed E-state index contributed by atoms with van der Waals surface area (Å²) < 4.78 is 13.6. The highest BCUT2D eigenvalue weighted by atomic mass is 19.1. The standard InChI is InChI=1S/C17H27FN2/c1-14-7-8-16(13-17(14)18)15(2)19-9-12-20-10-5-3-4-6-11-20/h7-8,13,15,19H,3-6,9-12H2,1-2H3. The molecule has 3 heteroatoms. The second-order valence-electron chi connectivity index (χ2n) is 5.94. The molecule has 1 unspecified atom stereocenters. The average Bonchev–Trinajstić information content (AvgIpc) is 2.70. The molecule has 1 fully saturated rings. The van der Waals surface area contributed by atoms with E-state index in [2.05, 4.69) is 17.1 Å². The predicted octanol–water partition coefficient (Wildman–Crippen LogP) is 3.66. The Morgan fingerprint density at radius 1 is 1.20 bits per heavy atom. The van der Waals surface area contributed by atoms with Gasteiger partial charge in [-0.05, 0) is 57.0 Å². The third-order valence-electron chi connectivity index (χ3n) is 4.27. The molecule has 1 atom stereocenters. The first-order valence-corrected chi connectivity index (χ1v) is 7.88. The van der Waals surface area contributed by atoms with Crippen LogP contribution in [0.2, 0.25) is 0 Å². The fourth-order valence-corrected chi connectivity index (χ4v) is 2.80. The highest BCUT2D eigenvalue weighted by Crippen LogP contribution is 2.16. The van der Waals surface area contributed by atoms with Crippen molar-refractivity contribution in [3.63, 3.8) is 0 Å². The minimum absolute atomic E-state index is 0.108. The van der Waals surface area contributed by atoms with Crippen molar-refractivity contribution < 1.29 is 4.39 Å². The van der Waals surface area contributed by atoms with Gasteiger partial charge in [0.25, 0.3) is 0 Å². The molecule has 0 amide bonds. The molecule has 112 valence electrons. The summed E-state index contributed by atoms with van der Waals surface area (Å²) in [7, 11) is 0. The van der Waals surface area contributed by atoms with E-state index in [0.29, 0.717) is 5.56 Å². The molecular formula is C17H27FN2. The van der Waals surface area contributed by atoms with Gasteiger partial charge in [0.1, 0.15) is 5.82 Å². The van der Waals surface area contributed by atoms with Crippen LogP contribution in [0.1, 0.15) is 49.8 Å². The first kappa shape index (κ1) is 15.5. The molecule has 1 saturated heterocycles. The van der Waals surface area contributed by atoms with Crippen LogP contribution in [0.5, 0.6) is 0 Å². The summed E-state index contributed by atoms with van der Waals surface area (Å²) in [6.07, 6.45) is 5.42. The summed E-state index contributed by atoms with van der Waals surface area (Å²) in [5.41, 5.74) is 1.74. The molecule has 1 aliphatic rings. The minimum Gasteiger partial charge on any atom is -0.309 e. The van der Waals surface area contributed by atoms with E-state index in [1.165, 1.54) is 38.8 Å². The molecule has 0 saturated carbocycles. The van der Waals surface area contributed by atoms with Crippen molar-refractivity contribution in [3.8, 4) is 0 Å². The zero-order valence-electron chi connectivity index (χ0n) is 12.8. The van der Waals surface area contributed by atoms with Gasteiger partial charge in [0.2, 0.25) is 0 Å². The molecule has 0 aromatic heterocycles. The van der Waals surface area contributed by atoms with E-state index in [-0.39, 0.29) is 11.9 Å². The Hall–Kier alpha value is -0.930. The third-order valence-corrected chi connectivity index (χ3v) is 4.27. The minimum atomic E-state index is -0.108. The van der Waals surface area contributed by atoms with Crippen molar-refractivity contribution in [3.05, 3.63) is 35.1 Å².